The number of anilines is 1. The molecule has 111 valence electrons. The summed E-state index contributed by atoms with van der Waals surface area (Å²) in [5.41, 5.74) is 2.61. The Labute approximate surface area is 134 Å². The van der Waals surface area contributed by atoms with Gasteiger partial charge in [0.15, 0.2) is 0 Å². The average molecular weight is 301 g/mol. The Balaban J connectivity index is 2.28. The van der Waals surface area contributed by atoms with Gasteiger partial charge in [-0.25, -0.2) is 0 Å². The van der Waals surface area contributed by atoms with Crippen molar-refractivity contribution in [3.63, 3.8) is 0 Å². The number of rotatable bonds is 3. The molecule has 1 amide bonds. The molecule has 1 heterocycles. The maximum absolute atomic E-state index is 11.3. The summed E-state index contributed by atoms with van der Waals surface area (Å²) in [6.07, 6.45) is 0. The van der Waals surface area contributed by atoms with Crippen molar-refractivity contribution in [2.45, 2.75) is 0 Å². The second-order valence-corrected chi connectivity index (χ2v) is 4.90. The van der Waals surface area contributed by atoms with E-state index < -0.39 is 5.91 Å². The number of hydrogen-bond donors (Lipinski definition) is 1. The van der Waals surface area contributed by atoms with Crippen molar-refractivity contribution < 1.29 is 9.21 Å². The third-order valence-electron chi connectivity index (χ3n) is 3.37. The first-order valence-electron chi connectivity index (χ1n) is 7.01. The Kier molecular flexibility index (Phi) is 3.94. The lowest BCUT2D eigenvalue weighted by molar-refractivity contribution is -0.112. The minimum absolute atomic E-state index is 0.116. The van der Waals surface area contributed by atoms with E-state index in [9.17, 15) is 10.1 Å². The molecule has 0 bridgehead atoms. The maximum Gasteiger partial charge on any atom is 0.227 e. The monoisotopic (exact) mass is 301 g/mol. The molecule has 0 aliphatic heterocycles. The summed E-state index contributed by atoms with van der Waals surface area (Å²) < 4.78 is 5.79. The van der Waals surface area contributed by atoms with Crippen molar-refractivity contribution in [1.29, 1.82) is 5.26 Å². The molecule has 2 aromatic carbocycles. The van der Waals surface area contributed by atoms with E-state index in [0.29, 0.717) is 11.3 Å². The fourth-order valence-corrected chi connectivity index (χ4v) is 2.43. The van der Waals surface area contributed by atoms with Crippen LogP contribution in [-0.2, 0) is 4.79 Å². The molecule has 1 radical (unpaired) electrons. The summed E-state index contributed by atoms with van der Waals surface area (Å²) in [5.74, 6) is 0.122. The molecule has 0 saturated heterocycles. The Hall–Kier alpha value is -3.32. The predicted molar refractivity (Wildman–Crippen MR) is 88.3 cm³/mol. The standard InChI is InChI=1S/C19H13N2O2/c1-13(22)21-19-16(12-20)17(14-8-4-2-5-9-14)18(23-19)15-10-6-3-7-11-15/h2-11H,1H2,(H,21,22). The van der Waals surface area contributed by atoms with Crippen molar-refractivity contribution in [2.75, 3.05) is 5.32 Å². The van der Waals surface area contributed by atoms with Crippen molar-refractivity contribution in [1.82, 2.24) is 0 Å². The highest BCUT2D eigenvalue weighted by atomic mass is 16.4. The lowest BCUT2D eigenvalue weighted by Gasteiger charge is -2.03. The molecular formula is C19H13N2O2. The second-order valence-electron chi connectivity index (χ2n) is 4.90. The molecule has 0 atom stereocenters. The minimum atomic E-state index is -0.533. The highest BCUT2D eigenvalue weighted by molar-refractivity contribution is 5.97. The van der Waals surface area contributed by atoms with Crippen LogP contribution in [0.25, 0.3) is 22.5 Å². The van der Waals surface area contributed by atoms with Crippen LogP contribution in [0.3, 0.4) is 0 Å². The third-order valence-corrected chi connectivity index (χ3v) is 3.37. The molecule has 0 aliphatic carbocycles. The van der Waals surface area contributed by atoms with Gasteiger partial charge in [0.05, 0.1) is 0 Å². The summed E-state index contributed by atoms with van der Waals surface area (Å²) in [4.78, 5) is 11.3. The van der Waals surface area contributed by atoms with Gasteiger partial charge in [0.2, 0.25) is 11.8 Å². The number of nitrogens with one attached hydrogen (secondary N) is 1. The molecule has 0 aliphatic rings. The van der Waals surface area contributed by atoms with E-state index in [2.05, 4.69) is 18.3 Å². The van der Waals surface area contributed by atoms with Gasteiger partial charge in [-0.3, -0.25) is 10.1 Å². The molecule has 23 heavy (non-hydrogen) atoms. The number of hydrogen-bond acceptors (Lipinski definition) is 3. The van der Waals surface area contributed by atoms with Gasteiger partial charge in [0.1, 0.15) is 17.4 Å². The van der Waals surface area contributed by atoms with Crippen LogP contribution in [0.4, 0.5) is 5.88 Å². The normalized spacial score (nSPS) is 10.1. The zero-order chi connectivity index (χ0) is 16.2. The Morgan fingerprint density at radius 2 is 1.57 bits per heavy atom. The molecule has 4 heteroatoms. The van der Waals surface area contributed by atoms with Gasteiger partial charge in [0.25, 0.3) is 0 Å². The van der Waals surface area contributed by atoms with Crippen LogP contribution in [0.1, 0.15) is 5.56 Å². The highest BCUT2D eigenvalue weighted by Gasteiger charge is 2.23. The number of nitrogens with zero attached hydrogens (tertiary/aromatic N) is 1. The van der Waals surface area contributed by atoms with Crippen LogP contribution in [-0.4, -0.2) is 5.91 Å². The van der Waals surface area contributed by atoms with E-state index in [1.165, 1.54) is 0 Å². The first-order valence-corrected chi connectivity index (χ1v) is 7.01. The molecular weight excluding hydrogens is 288 g/mol. The van der Waals surface area contributed by atoms with E-state index in [0.717, 1.165) is 11.1 Å². The number of carbonyl (C=O) groups excluding carboxylic acids is 1. The van der Waals surface area contributed by atoms with Gasteiger partial charge >= 0.3 is 0 Å². The van der Waals surface area contributed by atoms with E-state index in [1.807, 2.05) is 60.7 Å². The molecule has 0 spiro atoms. The van der Waals surface area contributed by atoms with Gasteiger partial charge in [-0.05, 0) is 5.56 Å². The highest BCUT2D eigenvalue weighted by Crippen LogP contribution is 2.41. The molecule has 3 rings (SSSR count). The lowest BCUT2D eigenvalue weighted by atomic mass is 9.98. The van der Waals surface area contributed by atoms with Gasteiger partial charge in [-0.1, -0.05) is 60.7 Å². The average Bonchev–Trinajstić information content (AvgIpc) is 2.94. The van der Waals surface area contributed by atoms with Gasteiger partial charge in [-0.2, -0.15) is 5.26 Å². The summed E-state index contributed by atoms with van der Waals surface area (Å²) in [6, 6.07) is 21.0. The largest absolute Gasteiger partial charge is 0.438 e. The molecule has 4 nitrogen and oxygen atoms in total. The number of amides is 1. The van der Waals surface area contributed by atoms with Crippen LogP contribution < -0.4 is 5.32 Å². The van der Waals surface area contributed by atoms with Crippen LogP contribution in [0, 0.1) is 18.3 Å². The first kappa shape index (κ1) is 14.6. The van der Waals surface area contributed by atoms with Crippen molar-refractivity contribution in [2.24, 2.45) is 0 Å². The molecule has 3 aromatic rings. The summed E-state index contributed by atoms with van der Waals surface area (Å²) in [7, 11) is 0. The molecule has 1 N–H and O–H groups in total. The Morgan fingerprint density at radius 3 is 2.09 bits per heavy atom. The number of benzene rings is 2. The van der Waals surface area contributed by atoms with Crippen LogP contribution in [0.15, 0.2) is 65.1 Å². The fourth-order valence-electron chi connectivity index (χ4n) is 2.43. The van der Waals surface area contributed by atoms with Crippen LogP contribution in [0.5, 0.6) is 0 Å². The lowest BCUT2D eigenvalue weighted by Crippen LogP contribution is -2.06. The first-order chi connectivity index (χ1) is 11.2. The van der Waals surface area contributed by atoms with Crippen LogP contribution >= 0.6 is 0 Å². The summed E-state index contributed by atoms with van der Waals surface area (Å²) in [5, 5.41) is 12.0. The van der Waals surface area contributed by atoms with E-state index >= 15 is 0 Å². The topological polar surface area (TPSA) is 66.0 Å². The summed E-state index contributed by atoms with van der Waals surface area (Å²) >= 11 is 0. The maximum atomic E-state index is 11.3. The predicted octanol–water partition coefficient (Wildman–Crippen LogP) is 4.26. The molecule has 0 unspecified atom stereocenters. The quantitative estimate of drug-likeness (QED) is 0.786. The van der Waals surface area contributed by atoms with Gasteiger partial charge in [-0.15, -0.1) is 0 Å². The number of furan rings is 1. The number of carbonyl (C=O) groups is 1. The molecule has 1 aromatic heterocycles. The van der Waals surface area contributed by atoms with E-state index in [1.54, 1.807) is 0 Å². The fraction of sp³-hybridized carbons (Fsp3) is 0. The number of nitriles is 1. The zero-order valence-electron chi connectivity index (χ0n) is 12.2. The Morgan fingerprint density at radius 1 is 1.00 bits per heavy atom. The summed E-state index contributed by atoms with van der Waals surface area (Å²) in [6.45, 7) is 3.27. The Bertz CT molecular complexity index is 875. The third kappa shape index (κ3) is 2.85. The minimum Gasteiger partial charge on any atom is -0.438 e. The zero-order valence-corrected chi connectivity index (χ0v) is 12.2. The van der Waals surface area contributed by atoms with Crippen LogP contribution in [0.2, 0.25) is 0 Å². The van der Waals surface area contributed by atoms with Gasteiger partial charge in [0, 0.05) is 18.1 Å². The second kappa shape index (κ2) is 6.20. The smallest absolute Gasteiger partial charge is 0.227 e. The van der Waals surface area contributed by atoms with Gasteiger partial charge < -0.3 is 4.42 Å². The van der Waals surface area contributed by atoms with Crippen molar-refractivity contribution >= 4 is 11.8 Å². The van der Waals surface area contributed by atoms with Crippen molar-refractivity contribution in [3.8, 4) is 28.5 Å². The van der Waals surface area contributed by atoms with Crippen molar-refractivity contribution in [3.05, 3.63) is 73.2 Å². The van der Waals surface area contributed by atoms with E-state index in [4.69, 9.17) is 4.42 Å². The van der Waals surface area contributed by atoms with E-state index in [-0.39, 0.29) is 11.4 Å². The SMILES string of the molecule is [CH2]C(=O)Nc1oc(-c2ccccc2)c(-c2ccccc2)c1C#N. The molecule has 0 saturated carbocycles. The molecule has 0 fully saturated rings.